The number of hydrogen-bond donors (Lipinski definition) is 0. The average Bonchev–Trinajstić information content (AvgIpc) is 3.08. The van der Waals surface area contributed by atoms with Crippen LogP contribution >= 0.6 is 11.3 Å². The van der Waals surface area contributed by atoms with Crippen LogP contribution in [-0.4, -0.2) is 82.4 Å². The molecule has 2 fully saturated rings. The maximum Gasteiger partial charge on any atom is 0.264 e. The zero-order chi connectivity index (χ0) is 20.5. The molecule has 0 aromatic carbocycles. The van der Waals surface area contributed by atoms with Crippen molar-refractivity contribution in [3.05, 3.63) is 27.1 Å². The molecule has 9 heteroatoms. The molecule has 0 saturated carbocycles. The molecular formula is C20H27N5O3S. The van der Waals surface area contributed by atoms with Gasteiger partial charge in [-0.2, -0.15) is 0 Å². The summed E-state index contributed by atoms with van der Waals surface area (Å²) in [7, 11) is 2.05. The third kappa shape index (κ3) is 3.93. The van der Waals surface area contributed by atoms with Gasteiger partial charge < -0.3 is 14.7 Å². The Morgan fingerprint density at radius 3 is 2.41 bits per heavy atom. The van der Waals surface area contributed by atoms with E-state index in [0.717, 1.165) is 45.4 Å². The minimum Gasteiger partial charge on any atom is -0.341 e. The maximum absolute atomic E-state index is 13.1. The van der Waals surface area contributed by atoms with E-state index in [9.17, 15) is 14.4 Å². The van der Waals surface area contributed by atoms with Gasteiger partial charge in [0.2, 0.25) is 5.91 Å². The molecule has 4 heterocycles. The van der Waals surface area contributed by atoms with Crippen molar-refractivity contribution >= 4 is 33.4 Å². The summed E-state index contributed by atoms with van der Waals surface area (Å²) >= 11 is 1.27. The summed E-state index contributed by atoms with van der Waals surface area (Å²) < 4.78 is 1.38. The molecule has 2 aromatic rings. The summed E-state index contributed by atoms with van der Waals surface area (Å²) in [4.78, 5) is 50.0. The number of carbonyl (C=O) groups excluding carboxylic acids is 2. The van der Waals surface area contributed by atoms with Crippen molar-refractivity contribution in [1.82, 2.24) is 24.3 Å². The number of carbonyl (C=O) groups is 2. The van der Waals surface area contributed by atoms with Crippen molar-refractivity contribution in [3.8, 4) is 0 Å². The quantitative estimate of drug-likeness (QED) is 0.749. The van der Waals surface area contributed by atoms with Crippen LogP contribution in [0.4, 0.5) is 0 Å². The van der Waals surface area contributed by atoms with Gasteiger partial charge >= 0.3 is 0 Å². The van der Waals surface area contributed by atoms with Gasteiger partial charge in [-0.15, -0.1) is 11.3 Å². The monoisotopic (exact) mass is 417 g/mol. The number of piperidine rings is 1. The molecule has 0 unspecified atom stereocenters. The Balaban J connectivity index is 1.59. The molecule has 2 saturated heterocycles. The Kier molecular flexibility index (Phi) is 5.69. The van der Waals surface area contributed by atoms with Crippen LogP contribution in [0, 0.1) is 6.92 Å². The predicted molar refractivity (Wildman–Crippen MR) is 112 cm³/mol. The number of amides is 2. The van der Waals surface area contributed by atoms with Crippen molar-refractivity contribution in [3.63, 3.8) is 0 Å². The lowest BCUT2D eigenvalue weighted by Gasteiger charge is -2.32. The van der Waals surface area contributed by atoms with Gasteiger partial charge in [-0.1, -0.05) is 0 Å². The van der Waals surface area contributed by atoms with Crippen LogP contribution in [0.2, 0.25) is 0 Å². The molecule has 2 aromatic heterocycles. The molecule has 0 aliphatic carbocycles. The smallest absolute Gasteiger partial charge is 0.264 e. The number of fused-ring (bicyclic) bond motifs is 1. The van der Waals surface area contributed by atoms with Crippen LogP contribution < -0.4 is 5.56 Å². The number of aryl methyl sites for hydroxylation is 1. The SMILES string of the molecule is Cc1c(C(=O)N2CCN(C)CC2)sc2ncn(CC(=O)N3CCCCC3)c(=O)c12. The van der Waals surface area contributed by atoms with Crippen molar-refractivity contribution in [2.75, 3.05) is 46.3 Å². The Bertz CT molecular complexity index is 984. The Labute approximate surface area is 173 Å². The zero-order valence-electron chi connectivity index (χ0n) is 17.0. The molecule has 2 aliphatic heterocycles. The number of likely N-dealkylation sites (tertiary alicyclic amines) is 1. The first-order valence-corrected chi connectivity index (χ1v) is 11.0. The molecule has 0 bridgehead atoms. The Morgan fingerprint density at radius 1 is 1.03 bits per heavy atom. The molecule has 0 radical (unpaired) electrons. The third-order valence-electron chi connectivity index (χ3n) is 5.92. The first kappa shape index (κ1) is 20.0. The molecule has 0 N–H and O–H groups in total. The number of hydrogen-bond acceptors (Lipinski definition) is 6. The van der Waals surface area contributed by atoms with E-state index in [1.54, 1.807) is 0 Å². The van der Waals surface area contributed by atoms with Gasteiger partial charge in [0.15, 0.2) is 0 Å². The molecule has 156 valence electrons. The minimum atomic E-state index is -0.244. The second-order valence-electron chi connectivity index (χ2n) is 7.95. The largest absolute Gasteiger partial charge is 0.341 e. The molecular weight excluding hydrogens is 390 g/mol. The predicted octanol–water partition coefficient (Wildman–Crippen LogP) is 1.17. The van der Waals surface area contributed by atoms with Gasteiger partial charge in [0.05, 0.1) is 16.6 Å². The second kappa shape index (κ2) is 8.23. The lowest BCUT2D eigenvalue weighted by atomic mass is 10.1. The number of rotatable bonds is 3. The number of likely N-dealkylation sites (N-methyl/N-ethyl adjacent to an activating group) is 1. The van der Waals surface area contributed by atoms with Crippen LogP contribution in [-0.2, 0) is 11.3 Å². The molecule has 29 heavy (non-hydrogen) atoms. The summed E-state index contributed by atoms with van der Waals surface area (Å²) in [6.07, 6.45) is 4.61. The molecule has 2 amide bonds. The fourth-order valence-corrected chi connectivity index (χ4v) is 5.13. The van der Waals surface area contributed by atoms with E-state index in [1.807, 2.05) is 23.8 Å². The van der Waals surface area contributed by atoms with E-state index < -0.39 is 0 Å². The van der Waals surface area contributed by atoms with Gasteiger partial charge in [0.1, 0.15) is 11.4 Å². The Morgan fingerprint density at radius 2 is 1.72 bits per heavy atom. The molecule has 4 rings (SSSR count). The highest BCUT2D eigenvalue weighted by molar-refractivity contribution is 7.20. The van der Waals surface area contributed by atoms with Crippen LogP contribution in [0.3, 0.4) is 0 Å². The van der Waals surface area contributed by atoms with Gasteiger partial charge in [0, 0.05) is 39.3 Å². The Hall–Kier alpha value is -2.26. The minimum absolute atomic E-state index is 0.00119. The van der Waals surface area contributed by atoms with E-state index in [0.29, 0.717) is 33.7 Å². The van der Waals surface area contributed by atoms with E-state index >= 15 is 0 Å². The summed E-state index contributed by atoms with van der Waals surface area (Å²) in [6.45, 7) is 6.38. The van der Waals surface area contributed by atoms with Gasteiger partial charge in [-0.05, 0) is 38.8 Å². The lowest BCUT2D eigenvalue weighted by molar-refractivity contribution is -0.132. The van der Waals surface area contributed by atoms with Crippen LogP contribution in [0.5, 0.6) is 0 Å². The number of nitrogens with zero attached hydrogens (tertiary/aromatic N) is 5. The summed E-state index contributed by atoms with van der Waals surface area (Å²) in [5.74, 6) is -0.0801. The fraction of sp³-hybridized carbons (Fsp3) is 0.600. The van der Waals surface area contributed by atoms with E-state index in [2.05, 4.69) is 9.88 Å². The maximum atomic E-state index is 13.1. The topological polar surface area (TPSA) is 78.8 Å². The van der Waals surface area contributed by atoms with Gasteiger partial charge in [-0.25, -0.2) is 4.98 Å². The fourth-order valence-electron chi connectivity index (χ4n) is 4.02. The van der Waals surface area contributed by atoms with Crippen LogP contribution in [0.25, 0.3) is 10.2 Å². The van der Waals surface area contributed by atoms with Crippen LogP contribution in [0.1, 0.15) is 34.5 Å². The highest BCUT2D eigenvalue weighted by Gasteiger charge is 2.26. The summed E-state index contributed by atoms with van der Waals surface area (Å²) in [5, 5.41) is 0.460. The third-order valence-corrected chi connectivity index (χ3v) is 7.10. The molecule has 0 spiro atoms. The second-order valence-corrected chi connectivity index (χ2v) is 8.95. The molecule has 2 aliphatic rings. The zero-order valence-corrected chi connectivity index (χ0v) is 17.8. The summed E-state index contributed by atoms with van der Waals surface area (Å²) in [6, 6.07) is 0. The normalized spacial score (nSPS) is 18.4. The molecule has 8 nitrogen and oxygen atoms in total. The molecule has 0 atom stereocenters. The van der Waals surface area contributed by atoms with E-state index in [-0.39, 0.29) is 23.9 Å². The van der Waals surface area contributed by atoms with Crippen molar-refractivity contribution in [2.24, 2.45) is 0 Å². The number of thiophene rings is 1. The number of aromatic nitrogens is 2. The van der Waals surface area contributed by atoms with Crippen molar-refractivity contribution in [2.45, 2.75) is 32.7 Å². The van der Waals surface area contributed by atoms with E-state index in [4.69, 9.17) is 0 Å². The van der Waals surface area contributed by atoms with Gasteiger partial charge in [0.25, 0.3) is 11.5 Å². The summed E-state index contributed by atoms with van der Waals surface area (Å²) in [5.41, 5.74) is 0.428. The number of piperazine rings is 1. The van der Waals surface area contributed by atoms with Gasteiger partial charge in [-0.3, -0.25) is 19.0 Å². The lowest BCUT2D eigenvalue weighted by Crippen LogP contribution is -2.47. The van der Waals surface area contributed by atoms with E-state index in [1.165, 1.54) is 22.2 Å². The first-order valence-electron chi connectivity index (χ1n) is 10.2. The standard InChI is InChI=1S/C20H27N5O3S/c1-14-16-18(29-17(14)20(28)24-10-8-22(2)9-11-24)21-13-25(19(16)27)12-15(26)23-6-4-3-5-7-23/h13H,3-12H2,1-2H3. The van der Waals surface area contributed by atoms with Crippen molar-refractivity contribution < 1.29 is 9.59 Å². The first-order chi connectivity index (χ1) is 14.0. The van der Waals surface area contributed by atoms with Crippen molar-refractivity contribution in [1.29, 1.82) is 0 Å². The highest BCUT2D eigenvalue weighted by atomic mass is 32.1. The average molecular weight is 418 g/mol. The van der Waals surface area contributed by atoms with Crippen LogP contribution in [0.15, 0.2) is 11.1 Å². The highest BCUT2D eigenvalue weighted by Crippen LogP contribution is 2.28.